The highest BCUT2D eigenvalue weighted by atomic mass is 35.5. The number of rotatable bonds is 3. The van der Waals surface area contributed by atoms with Crippen molar-refractivity contribution in [1.29, 1.82) is 0 Å². The van der Waals surface area contributed by atoms with Gasteiger partial charge in [0.05, 0.1) is 11.7 Å². The number of fused-ring (bicyclic) bond motifs is 1. The first-order valence-corrected chi connectivity index (χ1v) is 9.92. The minimum Gasteiger partial charge on any atom is -0.336 e. The average molecular weight is 411 g/mol. The van der Waals surface area contributed by atoms with Gasteiger partial charge in [0, 0.05) is 41.5 Å². The lowest BCUT2D eigenvalue weighted by atomic mass is 10.2. The number of amides is 1. The Balaban J connectivity index is 0.00000196. The van der Waals surface area contributed by atoms with Crippen LogP contribution >= 0.6 is 35.1 Å². The Morgan fingerprint density at radius 3 is 3.00 bits per heavy atom. The molecular weight excluding hydrogens is 392 g/mol. The Hall–Kier alpha value is -1.74. The summed E-state index contributed by atoms with van der Waals surface area (Å²) in [6.45, 7) is 4.29. The fraction of sp³-hybridized carbons (Fsp3) is 0.353. The van der Waals surface area contributed by atoms with Crippen molar-refractivity contribution in [1.82, 2.24) is 19.8 Å². The molecule has 0 spiro atoms. The fourth-order valence-electron chi connectivity index (χ4n) is 3.14. The summed E-state index contributed by atoms with van der Waals surface area (Å²) in [4.78, 5) is 33.6. The van der Waals surface area contributed by atoms with Crippen LogP contribution in [0.2, 0.25) is 0 Å². The minimum absolute atomic E-state index is 0. The van der Waals surface area contributed by atoms with Crippen molar-refractivity contribution in [2.24, 2.45) is 0 Å². The number of aromatic nitrogens is 2. The third kappa shape index (κ3) is 3.42. The second kappa shape index (κ2) is 7.87. The molecule has 4 rings (SSSR count). The topological polar surface area (TPSA) is 67.2 Å². The molecular formula is C17H19ClN4O2S2. The molecule has 0 aromatic carbocycles. The van der Waals surface area contributed by atoms with Crippen molar-refractivity contribution >= 4 is 51.2 Å². The molecule has 0 bridgehead atoms. The molecule has 9 heteroatoms. The number of hydrogen-bond donors (Lipinski definition) is 1. The molecule has 1 atom stereocenters. The molecule has 26 heavy (non-hydrogen) atoms. The molecule has 6 nitrogen and oxygen atoms in total. The van der Waals surface area contributed by atoms with E-state index in [9.17, 15) is 9.59 Å². The fourth-order valence-corrected chi connectivity index (χ4v) is 4.86. The number of hydrogen-bond acceptors (Lipinski definition) is 6. The largest absolute Gasteiger partial charge is 0.336 e. The van der Waals surface area contributed by atoms with E-state index in [1.54, 1.807) is 11.3 Å². The van der Waals surface area contributed by atoms with Crippen molar-refractivity contribution in [2.75, 3.05) is 19.6 Å². The zero-order chi connectivity index (χ0) is 17.4. The van der Waals surface area contributed by atoms with Gasteiger partial charge in [0.2, 0.25) is 5.91 Å². The molecule has 1 saturated heterocycles. The summed E-state index contributed by atoms with van der Waals surface area (Å²) < 4.78 is 1.43. The van der Waals surface area contributed by atoms with Crippen LogP contribution in [0.3, 0.4) is 0 Å². The molecule has 1 aliphatic rings. The summed E-state index contributed by atoms with van der Waals surface area (Å²) >= 11 is 3.06. The van der Waals surface area contributed by atoms with Gasteiger partial charge in [0.1, 0.15) is 11.4 Å². The van der Waals surface area contributed by atoms with Crippen molar-refractivity contribution < 1.29 is 4.79 Å². The van der Waals surface area contributed by atoms with E-state index in [0.717, 1.165) is 23.5 Å². The maximum absolute atomic E-state index is 13.0. The molecule has 4 heterocycles. The van der Waals surface area contributed by atoms with Crippen LogP contribution in [-0.2, 0) is 11.3 Å². The lowest BCUT2D eigenvalue weighted by Crippen LogP contribution is -2.53. The normalized spacial score (nSPS) is 17.3. The second-order valence-electron chi connectivity index (χ2n) is 6.12. The van der Waals surface area contributed by atoms with Crippen molar-refractivity contribution in [2.45, 2.75) is 19.5 Å². The van der Waals surface area contributed by atoms with E-state index in [1.807, 2.05) is 34.7 Å². The van der Waals surface area contributed by atoms with E-state index in [4.69, 9.17) is 0 Å². The first-order chi connectivity index (χ1) is 12.1. The average Bonchev–Trinajstić information content (AvgIpc) is 3.27. The van der Waals surface area contributed by atoms with Crippen LogP contribution in [0.25, 0.3) is 20.7 Å². The first-order valence-electron chi connectivity index (χ1n) is 8.16. The van der Waals surface area contributed by atoms with Crippen LogP contribution in [0.4, 0.5) is 0 Å². The van der Waals surface area contributed by atoms with Crippen LogP contribution in [0, 0.1) is 0 Å². The highest BCUT2D eigenvalue weighted by molar-refractivity contribution is 7.18. The Morgan fingerprint density at radius 2 is 2.27 bits per heavy atom. The molecule has 1 N–H and O–H groups in total. The van der Waals surface area contributed by atoms with E-state index in [1.165, 1.54) is 22.2 Å². The number of carbonyl (C=O) groups is 1. The zero-order valence-corrected chi connectivity index (χ0v) is 16.6. The van der Waals surface area contributed by atoms with Gasteiger partial charge in [-0.2, -0.15) is 0 Å². The molecule has 3 aromatic rings. The number of nitrogens with zero attached hydrogens (tertiary/aromatic N) is 3. The van der Waals surface area contributed by atoms with Crippen molar-refractivity contribution in [3.63, 3.8) is 0 Å². The van der Waals surface area contributed by atoms with Crippen LogP contribution in [0.1, 0.15) is 6.92 Å². The van der Waals surface area contributed by atoms with E-state index < -0.39 is 0 Å². The molecule has 1 aliphatic heterocycles. The predicted molar refractivity (Wildman–Crippen MR) is 108 cm³/mol. The number of thiophene rings is 2. The molecule has 1 fully saturated rings. The number of nitrogens with one attached hydrogen (secondary N) is 1. The van der Waals surface area contributed by atoms with Crippen molar-refractivity contribution in [3.8, 4) is 10.4 Å². The van der Waals surface area contributed by atoms with E-state index >= 15 is 0 Å². The molecule has 0 radical (unpaired) electrons. The van der Waals surface area contributed by atoms with Crippen LogP contribution in [-0.4, -0.2) is 46.0 Å². The maximum Gasteiger partial charge on any atom is 0.263 e. The molecule has 1 unspecified atom stereocenters. The third-order valence-electron chi connectivity index (χ3n) is 4.47. The minimum atomic E-state index is -0.147. The molecule has 1 amide bonds. The predicted octanol–water partition coefficient (Wildman–Crippen LogP) is 2.43. The first kappa shape index (κ1) is 19.0. The van der Waals surface area contributed by atoms with Gasteiger partial charge in [-0.25, -0.2) is 4.98 Å². The van der Waals surface area contributed by atoms with Crippen molar-refractivity contribution in [3.05, 3.63) is 39.6 Å². The van der Waals surface area contributed by atoms with E-state index in [2.05, 4.69) is 10.3 Å². The highest BCUT2D eigenvalue weighted by Gasteiger charge is 2.24. The second-order valence-corrected chi connectivity index (χ2v) is 7.93. The number of halogens is 1. The van der Waals surface area contributed by atoms with Crippen LogP contribution in [0.5, 0.6) is 0 Å². The Bertz CT molecular complexity index is 967. The van der Waals surface area contributed by atoms with Gasteiger partial charge in [-0.3, -0.25) is 14.2 Å². The highest BCUT2D eigenvalue weighted by Crippen LogP contribution is 2.33. The van der Waals surface area contributed by atoms with Gasteiger partial charge < -0.3 is 10.2 Å². The Labute approximate surface area is 164 Å². The standard InChI is InChI=1S/C17H18N4O2S2.ClH/c1-11-7-18-4-5-21(11)14(22)8-20-10-19-16-15(17(20)23)12(9-25-16)13-3-2-6-24-13;/h2-3,6,9-11,18H,4-5,7-8H2,1H3;1H. The summed E-state index contributed by atoms with van der Waals surface area (Å²) in [5, 5.41) is 7.83. The number of carbonyl (C=O) groups excluding carboxylic acids is 1. The van der Waals surface area contributed by atoms with E-state index in [-0.39, 0.29) is 36.5 Å². The Morgan fingerprint density at radius 1 is 1.42 bits per heavy atom. The summed E-state index contributed by atoms with van der Waals surface area (Å²) in [5.41, 5.74) is 0.760. The summed E-state index contributed by atoms with van der Waals surface area (Å²) in [6, 6.07) is 4.10. The summed E-state index contributed by atoms with van der Waals surface area (Å²) in [5.74, 6) is -0.0369. The van der Waals surface area contributed by atoms with Gasteiger partial charge in [-0.15, -0.1) is 35.1 Å². The summed E-state index contributed by atoms with van der Waals surface area (Å²) in [6.07, 6.45) is 1.49. The molecule has 138 valence electrons. The number of piperazine rings is 1. The molecule has 0 saturated carbocycles. The van der Waals surface area contributed by atoms with Gasteiger partial charge in [-0.1, -0.05) is 6.07 Å². The van der Waals surface area contributed by atoms with Gasteiger partial charge in [-0.05, 0) is 18.4 Å². The monoisotopic (exact) mass is 410 g/mol. The lowest BCUT2D eigenvalue weighted by molar-refractivity contribution is -0.134. The van der Waals surface area contributed by atoms with Gasteiger partial charge in [0.15, 0.2) is 0 Å². The van der Waals surface area contributed by atoms with Crippen LogP contribution in [0.15, 0.2) is 34.0 Å². The third-order valence-corrected chi connectivity index (χ3v) is 6.26. The molecule has 0 aliphatic carbocycles. The Kier molecular flexibility index (Phi) is 5.76. The van der Waals surface area contributed by atoms with E-state index in [0.29, 0.717) is 16.8 Å². The maximum atomic E-state index is 13.0. The SMILES string of the molecule is CC1CNCCN1C(=O)Cn1cnc2scc(-c3cccs3)c2c1=O.Cl. The van der Waals surface area contributed by atoms with Gasteiger partial charge >= 0.3 is 0 Å². The quantitative estimate of drug-likeness (QED) is 0.720. The van der Waals surface area contributed by atoms with Crippen LogP contribution < -0.4 is 10.9 Å². The zero-order valence-electron chi connectivity index (χ0n) is 14.2. The van der Waals surface area contributed by atoms with Gasteiger partial charge in [0.25, 0.3) is 5.56 Å². The summed E-state index contributed by atoms with van der Waals surface area (Å²) in [7, 11) is 0. The smallest absolute Gasteiger partial charge is 0.263 e. The molecule has 3 aromatic heterocycles. The lowest BCUT2D eigenvalue weighted by Gasteiger charge is -2.34.